The molecular weight excluding hydrogens is 452 g/mol. The van der Waals surface area contributed by atoms with E-state index >= 15 is 0 Å². The van der Waals surface area contributed by atoms with Crippen molar-refractivity contribution in [1.29, 1.82) is 0 Å². The highest BCUT2D eigenvalue weighted by atomic mass is 32.2. The molecule has 0 radical (unpaired) electrons. The molecule has 5 rings (SSSR count). The smallest absolute Gasteiger partial charge is 0.322 e. The van der Waals surface area contributed by atoms with Crippen LogP contribution >= 0.6 is 11.5 Å². The van der Waals surface area contributed by atoms with Gasteiger partial charge in [0.05, 0.1) is 4.90 Å². The molecule has 2 aromatic heterocycles. The Morgan fingerprint density at radius 3 is 2.56 bits per heavy atom. The minimum Gasteiger partial charge on any atom is -0.401 e. The van der Waals surface area contributed by atoms with Gasteiger partial charge in [-0.15, -0.1) is 10.2 Å². The Bertz CT molecular complexity index is 1370. The molecule has 0 unspecified atom stereocenters. The van der Waals surface area contributed by atoms with Crippen LogP contribution in [0.5, 0.6) is 0 Å². The lowest BCUT2D eigenvalue weighted by molar-refractivity contribution is 0.102. The molecule has 0 atom stereocenters. The van der Waals surface area contributed by atoms with E-state index in [0.717, 1.165) is 17.1 Å². The molecule has 0 bridgehead atoms. The monoisotopic (exact) mass is 468 g/mol. The maximum Gasteiger partial charge on any atom is 0.322 e. The van der Waals surface area contributed by atoms with Gasteiger partial charge in [-0.25, -0.2) is 8.42 Å². The van der Waals surface area contributed by atoms with Crippen molar-refractivity contribution in [3.8, 4) is 11.6 Å². The Labute approximate surface area is 187 Å². The zero-order valence-electron chi connectivity index (χ0n) is 16.5. The van der Waals surface area contributed by atoms with Gasteiger partial charge in [-0.2, -0.15) is 4.31 Å². The van der Waals surface area contributed by atoms with Crippen LogP contribution in [0.2, 0.25) is 0 Å². The number of nitrogens with zero attached hydrogens (tertiary/aromatic N) is 5. The summed E-state index contributed by atoms with van der Waals surface area (Å²) in [6.45, 7) is 0.740. The highest BCUT2D eigenvalue weighted by molar-refractivity contribution is 7.89. The number of sulfonamides is 1. The van der Waals surface area contributed by atoms with E-state index in [1.165, 1.54) is 34.1 Å². The third kappa shape index (κ3) is 3.90. The number of anilines is 1. The molecule has 1 aliphatic rings. The maximum atomic E-state index is 13.1. The van der Waals surface area contributed by atoms with Crippen molar-refractivity contribution < 1.29 is 17.6 Å². The van der Waals surface area contributed by atoms with Crippen LogP contribution in [0, 0.1) is 0 Å². The number of amides is 1. The Hall–Kier alpha value is -3.48. The minimum atomic E-state index is -3.68. The van der Waals surface area contributed by atoms with Gasteiger partial charge in [-0.3, -0.25) is 10.1 Å². The van der Waals surface area contributed by atoms with Crippen molar-refractivity contribution >= 4 is 33.5 Å². The van der Waals surface area contributed by atoms with Crippen LogP contribution in [-0.4, -0.2) is 45.0 Å². The fourth-order valence-corrected chi connectivity index (χ4v) is 5.26. The highest BCUT2D eigenvalue weighted by Crippen LogP contribution is 2.25. The molecular formula is C20H16N6O4S2. The molecule has 0 spiro atoms. The number of fused-ring (bicyclic) bond motifs is 1. The molecule has 2 aromatic carbocycles. The fraction of sp³-hybridized carbons (Fsp3) is 0.150. The van der Waals surface area contributed by atoms with Crippen LogP contribution < -0.4 is 5.32 Å². The van der Waals surface area contributed by atoms with Crippen molar-refractivity contribution in [3.63, 3.8) is 0 Å². The molecule has 162 valence electrons. The second-order valence-electron chi connectivity index (χ2n) is 7.04. The summed E-state index contributed by atoms with van der Waals surface area (Å²) in [5.74, 6) is -0.369. The summed E-state index contributed by atoms with van der Waals surface area (Å²) in [6.07, 6.45) is 0.666. The second kappa shape index (κ2) is 8.22. The van der Waals surface area contributed by atoms with Gasteiger partial charge in [0, 0.05) is 24.0 Å². The molecule has 1 N–H and O–H groups in total. The van der Waals surface area contributed by atoms with Crippen molar-refractivity contribution in [2.24, 2.45) is 0 Å². The number of rotatable bonds is 5. The lowest BCUT2D eigenvalue weighted by Gasteiger charge is -2.28. The summed E-state index contributed by atoms with van der Waals surface area (Å²) in [5.41, 5.74) is 2.84. The van der Waals surface area contributed by atoms with Crippen LogP contribution in [0.4, 0.5) is 6.01 Å². The molecule has 0 saturated carbocycles. The summed E-state index contributed by atoms with van der Waals surface area (Å²) < 4.78 is 36.7. The summed E-state index contributed by atoms with van der Waals surface area (Å²) >= 11 is 1.14. The van der Waals surface area contributed by atoms with Crippen molar-refractivity contribution in [1.82, 2.24) is 24.1 Å². The molecule has 1 aliphatic heterocycles. The van der Waals surface area contributed by atoms with E-state index in [1.54, 1.807) is 5.38 Å². The molecule has 0 saturated heterocycles. The van der Waals surface area contributed by atoms with Crippen molar-refractivity contribution in [2.45, 2.75) is 17.9 Å². The normalized spacial score (nSPS) is 14.1. The highest BCUT2D eigenvalue weighted by Gasteiger charge is 2.28. The van der Waals surface area contributed by atoms with Gasteiger partial charge in [0.15, 0.2) is 5.69 Å². The first-order chi connectivity index (χ1) is 15.5. The molecule has 1 amide bonds. The third-order valence-electron chi connectivity index (χ3n) is 5.07. The van der Waals surface area contributed by atoms with Crippen molar-refractivity contribution in [2.75, 3.05) is 11.9 Å². The molecule has 0 aliphatic carbocycles. The number of hydrogen-bond donors (Lipinski definition) is 1. The largest absolute Gasteiger partial charge is 0.401 e. The van der Waals surface area contributed by atoms with E-state index < -0.39 is 15.9 Å². The van der Waals surface area contributed by atoms with E-state index in [0.29, 0.717) is 25.2 Å². The van der Waals surface area contributed by atoms with Gasteiger partial charge in [0.1, 0.15) is 0 Å². The lowest BCUT2D eigenvalue weighted by Crippen LogP contribution is -2.35. The Kier molecular flexibility index (Phi) is 5.25. The predicted octanol–water partition coefficient (Wildman–Crippen LogP) is 2.59. The van der Waals surface area contributed by atoms with Crippen LogP contribution in [-0.2, 0) is 23.0 Å². The van der Waals surface area contributed by atoms with Gasteiger partial charge in [0.25, 0.3) is 11.8 Å². The summed E-state index contributed by atoms with van der Waals surface area (Å²) in [4.78, 5) is 12.6. The van der Waals surface area contributed by atoms with Crippen LogP contribution in [0.15, 0.2) is 63.2 Å². The number of nitrogens with one attached hydrogen (secondary N) is 1. The molecule has 32 heavy (non-hydrogen) atoms. The Morgan fingerprint density at radius 2 is 1.81 bits per heavy atom. The van der Waals surface area contributed by atoms with E-state index in [1.807, 2.05) is 24.3 Å². The van der Waals surface area contributed by atoms with Gasteiger partial charge >= 0.3 is 6.01 Å². The van der Waals surface area contributed by atoms with Crippen molar-refractivity contribution in [3.05, 3.63) is 70.6 Å². The van der Waals surface area contributed by atoms with Gasteiger partial charge in [-0.1, -0.05) is 33.9 Å². The number of aromatic nitrogens is 4. The maximum absolute atomic E-state index is 13.1. The fourth-order valence-electron chi connectivity index (χ4n) is 3.41. The van der Waals surface area contributed by atoms with Gasteiger partial charge in [0.2, 0.25) is 10.0 Å². The van der Waals surface area contributed by atoms with Crippen LogP contribution in [0.3, 0.4) is 0 Å². The zero-order valence-corrected chi connectivity index (χ0v) is 18.1. The van der Waals surface area contributed by atoms with Gasteiger partial charge < -0.3 is 4.42 Å². The number of benzene rings is 2. The number of carbonyl (C=O) groups excluding carboxylic acids is 1. The average Bonchev–Trinajstić information content (AvgIpc) is 3.51. The molecule has 0 fully saturated rings. The molecule has 3 heterocycles. The summed E-state index contributed by atoms with van der Waals surface area (Å²) in [7, 11) is -3.68. The second-order valence-corrected chi connectivity index (χ2v) is 9.59. The average molecular weight is 469 g/mol. The first-order valence-corrected chi connectivity index (χ1v) is 11.9. The molecule has 10 nitrogen and oxygen atoms in total. The lowest BCUT2D eigenvalue weighted by atomic mass is 10.0. The topological polar surface area (TPSA) is 131 Å². The Balaban J connectivity index is 1.29. The predicted molar refractivity (Wildman–Crippen MR) is 115 cm³/mol. The molecule has 4 aromatic rings. The zero-order chi connectivity index (χ0) is 22.1. The van der Waals surface area contributed by atoms with E-state index in [2.05, 4.69) is 25.1 Å². The van der Waals surface area contributed by atoms with Gasteiger partial charge in [-0.05, 0) is 53.3 Å². The summed E-state index contributed by atoms with van der Waals surface area (Å²) in [5, 5.41) is 15.5. The SMILES string of the molecule is O=C(Nc1nnc(-c2csnn2)o1)c1ccc(S(=O)(=O)N2CCc3ccccc3C2)cc1. The quantitative estimate of drug-likeness (QED) is 0.473. The Morgan fingerprint density at radius 1 is 1.03 bits per heavy atom. The first kappa shape index (κ1) is 20.4. The number of carbonyl (C=O) groups is 1. The third-order valence-corrected chi connectivity index (χ3v) is 7.44. The van der Waals surface area contributed by atoms with Crippen LogP contribution in [0.1, 0.15) is 21.5 Å². The van der Waals surface area contributed by atoms with E-state index in [-0.39, 0.29) is 22.4 Å². The minimum absolute atomic E-state index is 0.0957. The summed E-state index contributed by atoms with van der Waals surface area (Å²) in [6, 6.07) is 13.5. The van der Waals surface area contributed by atoms with Crippen LogP contribution in [0.25, 0.3) is 11.6 Å². The molecule has 12 heteroatoms. The van der Waals surface area contributed by atoms with E-state index in [9.17, 15) is 13.2 Å². The van der Waals surface area contributed by atoms with E-state index in [4.69, 9.17) is 4.42 Å². The number of hydrogen-bond acceptors (Lipinski definition) is 9. The standard InChI is InChI=1S/C20H16N6O4S2/c27-18(21-20-24-23-19(30-20)17-12-31-25-22-17)14-5-7-16(8-6-14)32(28,29)26-10-9-13-3-1-2-4-15(13)11-26/h1-8,12H,9-11H2,(H,21,24,27). The first-order valence-electron chi connectivity index (χ1n) is 9.60.